The number of nitrogens with zero attached hydrogens (tertiary/aromatic N) is 5. The zero-order valence-corrected chi connectivity index (χ0v) is 30.9. The first-order chi connectivity index (χ1) is 25.2. The lowest BCUT2D eigenvalue weighted by atomic mass is 9.87. The molecule has 274 valence electrons. The summed E-state index contributed by atoms with van der Waals surface area (Å²) in [4.78, 5) is 41.7. The van der Waals surface area contributed by atoms with Gasteiger partial charge in [-0.25, -0.2) is 9.97 Å². The van der Waals surface area contributed by atoms with E-state index in [0.717, 1.165) is 68.6 Å². The monoisotopic (exact) mass is 746 g/mol. The van der Waals surface area contributed by atoms with Gasteiger partial charge in [0, 0.05) is 87.2 Å². The first-order valence-corrected chi connectivity index (χ1v) is 18.7. The quantitative estimate of drug-likeness (QED) is 0.159. The third-order valence-corrected chi connectivity index (χ3v) is 11.3. The van der Waals surface area contributed by atoms with Crippen molar-refractivity contribution in [1.82, 2.24) is 35.1 Å². The zero-order valence-electron chi connectivity index (χ0n) is 29.4. The fourth-order valence-corrected chi connectivity index (χ4v) is 8.17. The number of hydrogen-bond donors (Lipinski definition) is 4. The Balaban J connectivity index is 1.05. The summed E-state index contributed by atoms with van der Waals surface area (Å²) in [5.74, 6) is 1.11. The molecule has 2 fully saturated rings. The minimum Gasteiger partial charge on any atom is -0.481 e. The van der Waals surface area contributed by atoms with Crippen LogP contribution in [0.5, 0.6) is 5.88 Å². The number of anilines is 1. The molecule has 1 aromatic carbocycles. The number of amides is 2. The molecule has 0 spiro atoms. The van der Waals surface area contributed by atoms with Crippen molar-refractivity contribution < 1.29 is 19.4 Å². The van der Waals surface area contributed by atoms with Crippen LogP contribution < -0.4 is 20.7 Å². The van der Waals surface area contributed by atoms with E-state index in [1.165, 1.54) is 0 Å². The number of aliphatic hydroxyl groups is 1. The second-order valence-corrected chi connectivity index (χ2v) is 14.7. The second kappa shape index (κ2) is 15.9. The first kappa shape index (κ1) is 36.3. The molecule has 2 amide bonds. The molecule has 7 rings (SSSR count). The standard InChI is InChI=1S/C38H44Cl2N8O4/c1-47-31-15-17-48(20-22-6-10-25(49)11-7-22)21-30(31)44-36(47)37(51)45-29-5-3-4-27(33(29)39)35-34(40)26(14-16-42-35)28-12-8-23(38(46-28)52-2)18-41-19-24-9-13-32(50)43-24/h3-5,8,12,14,16,22,24-25,41,49H,6-7,9-11,13,15,17-21H2,1-2H3,(H,43,50)(H,45,51)/t22-,24-,25-/m1/s1. The minimum absolute atomic E-state index is 0.0880. The Morgan fingerprint density at radius 3 is 2.63 bits per heavy atom. The smallest absolute Gasteiger partial charge is 0.291 e. The van der Waals surface area contributed by atoms with Crippen molar-refractivity contribution in [2.24, 2.45) is 13.0 Å². The summed E-state index contributed by atoms with van der Waals surface area (Å²) in [6, 6.07) is 11.1. The van der Waals surface area contributed by atoms with E-state index in [-0.39, 0.29) is 24.0 Å². The molecule has 4 aromatic rings. The van der Waals surface area contributed by atoms with Crippen molar-refractivity contribution in [1.29, 1.82) is 0 Å². The molecule has 4 N–H and O–H groups in total. The predicted octanol–water partition coefficient (Wildman–Crippen LogP) is 5.39. The molecule has 3 aliphatic rings. The van der Waals surface area contributed by atoms with Gasteiger partial charge in [-0.1, -0.05) is 41.4 Å². The van der Waals surface area contributed by atoms with Gasteiger partial charge in [-0.05, 0) is 56.2 Å². The average molecular weight is 748 g/mol. The highest BCUT2D eigenvalue weighted by Crippen LogP contribution is 2.40. The van der Waals surface area contributed by atoms with E-state index in [0.29, 0.717) is 81.9 Å². The number of methoxy groups -OCH3 is 1. The molecule has 3 aromatic heterocycles. The Morgan fingerprint density at radius 1 is 1.04 bits per heavy atom. The number of fused-ring (bicyclic) bond motifs is 1. The summed E-state index contributed by atoms with van der Waals surface area (Å²) < 4.78 is 7.51. The van der Waals surface area contributed by atoms with E-state index in [9.17, 15) is 14.7 Å². The molecular weight excluding hydrogens is 703 g/mol. The van der Waals surface area contributed by atoms with Crippen LogP contribution in [0.2, 0.25) is 10.0 Å². The average Bonchev–Trinajstić information content (AvgIpc) is 3.72. The van der Waals surface area contributed by atoms with Crippen LogP contribution in [0.25, 0.3) is 22.5 Å². The topological polar surface area (TPSA) is 147 Å². The van der Waals surface area contributed by atoms with Gasteiger partial charge in [-0.3, -0.25) is 19.5 Å². The lowest BCUT2D eigenvalue weighted by molar-refractivity contribution is -0.119. The number of aliphatic hydroxyl groups excluding tert-OH is 1. The fraction of sp³-hybridized carbons (Fsp3) is 0.447. The SMILES string of the molecule is COc1nc(-c2ccnc(-c3cccc(NC(=O)c4nc5c(n4C)CCN(C[C@H]4CC[C@H](O)CC4)C5)c3Cl)c2Cl)ccc1CNC[C@H]1CCC(=O)N1. The summed E-state index contributed by atoms with van der Waals surface area (Å²) in [7, 11) is 3.46. The highest BCUT2D eigenvalue weighted by atomic mass is 35.5. The van der Waals surface area contributed by atoms with Crippen molar-refractivity contribution in [3.8, 4) is 28.4 Å². The van der Waals surface area contributed by atoms with E-state index >= 15 is 0 Å². The summed E-state index contributed by atoms with van der Waals surface area (Å²) in [5, 5.41) is 19.9. The highest BCUT2D eigenvalue weighted by Gasteiger charge is 2.29. The van der Waals surface area contributed by atoms with E-state index < -0.39 is 0 Å². The van der Waals surface area contributed by atoms with Gasteiger partial charge >= 0.3 is 0 Å². The molecule has 52 heavy (non-hydrogen) atoms. The Kier molecular flexibility index (Phi) is 11.1. The molecule has 14 heteroatoms. The third-order valence-electron chi connectivity index (χ3n) is 10.5. The van der Waals surface area contributed by atoms with Crippen LogP contribution in [0.3, 0.4) is 0 Å². The molecule has 1 aliphatic carbocycles. The largest absolute Gasteiger partial charge is 0.481 e. The summed E-state index contributed by atoms with van der Waals surface area (Å²) in [6.07, 6.45) is 7.54. The molecule has 12 nitrogen and oxygen atoms in total. The van der Waals surface area contributed by atoms with Crippen LogP contribution in [-0.4, -0.2) is 80.2 Å². The fourth-order valence-electron chi connectivity index (χ4n) is 7.59. The van der Waals surface area contributed by atoms with Crippen LogP contribution in [0.1, 0.15) is 66.1 Å². The van der Waals surface area contributed by atoms with Gasteiger partial charge in [0.1, 0.15) is 0 Å². The summed E-state index contributed by atoms with van der Waals surface area (Å²) >= 11 is 14.0. The molecule has 1 atom stereocenters. The number of benzene rings is 1. The van der Waals surface area contributed by atoms with Crippen LogP contribution in [0.4, 0.5) is 5.69 Å². The number of carbonyl (C=O) groups is 2. The van der Waals surface area contributed by atoms with E-state index in [2.05, 4.69) is 25.8 Å². The number of rotatable bonds is 11. The van der Waals surface area contributed by atoms with E-state index in [4.69, 9.17) is 37.9 Å². The Bertz CT molecular complexity index is 1960. The van der Waals surface area contributed by atoms with Crippen LogP contribution in [0.15, 0.2) is 42.6 Å². The second-order valence-electron chi connectivity index (χ2n) is 14.0. The zero-order chi connectivity index (χ0) is 36.4. The lowest BCUT2D eigenvalue weighted by Crippen LogP contribution is -2.36. The number of nitrogens with one attached hydrogen (secondary N) is 3. The maximum atomic E-state index is 13.6. The summed E-state index contributed by atoms with van der Waals surface area (Å²) in [6.45, 7) is 3.79. The van der Waals surface area contributed by atoms with Crippen LogP contribution in [-0.2, 0) is 31.4 Å². The Labute approximate surface area is 313 Å². The molecule has 0 unspecified atom stereocenters. The predicted molar refractivity (Wildman–Crippen MR) is 200 cm³/mol. The van der Waals surface area contributed by atoms with Crippen molar-refractivity contribution in [2.45, 2.75) is 70.2 Å². The lowest BCUT2D eigenvalue weighted by Gasteiger charge is -2.33. The van der Waals surface area contributed by atoms with Crippen LogP contribution in [0, 0.1) is 5.92 Å². The minimum atomic E-state index is -0.351. The molecule has 1 saturated carbocycles. The Hall–Kier alpha value is -4.07. The van der Waals surface area contributed by atoms with Gasteiger partial charge < -0.3 is 30.4 Å². The van der Waals surface area contributed by atoms with Crippen LogP contribution >= 0.6 is 23.2 Å². The van der Waals surface area contributed by atoms with Gasteiger partial charge in [-0.2, -0.15) is 0 Å². The molecule has 5 heterocycles. The van der Waals surface area contributed by atoms with Crippen molar-refractivity contribution in [3.05, 3.63) is 75.4 Å². The maximum absolute atomic E-state index is 13.6. The molecule has 2 aliphatic heterocycles. The number of carbonyl (C=O) groups excluding carboxylic acids is 2. The molecular formula is C38H44Cl2N8O4. The number of halogens is 2. The van der Waals surface area contributed by atoms with Gasteiger partial charge in [0.2, 0.25) is 11.8 Å². The van der Waals surface area contributed by atoms with Crippen molar-refractivity contribution in [3.63, 3.8) is 0 Å². The van der Waals surface area contributed by atoms with Crippen molar-refractivity contribution in [2.75, 3.05) is 32.1 Å². The summed E-state index contributed by atoms with van der Waals surface area (Å²) in [5.41, 5.74) is 5.55. The highest BCUT2D eigenvalue weighted by molar-refractivity contribution is 6.39. The van der Waals surface area contributed by atoms with Gasteiger partial charge in [0.15, 0.2) is 5.82 Å². The Morgan fingerprint density at radius 2 is 1.87 bits per heavy atom. The molecule has 0 radical (unpaired) electrons. The van der Waals surface area contributed by atoms with E-state index in [1.54, 1.807) is 31.5 Å². The molecule has 0 bridgehead atoms. The third kappa shape index (κ3) is 7.81. The number of aromatic nitrogens is 4. The van der Waals surface area contributed by atoms with Gasteiger partial charge in [0.25, 0.3) is 5.91 Å². The van der Waals surface area contributed by atoms with Crippen molar-refractivity contribution >= 4 is 40.7 Å². The first-order valence-electron chi connectivity index (χ1n) is 17.9. The number of ether oxygens (including phenoxy) is 1. The number of hydrogen-bond acceptors (Lipinski definition) is 9. The number of pyridine rings is 2. The number of imidazole rings is 1. The maximum Gasteiger partial charge on any atom is 0.291 e. The normalized spacial score (nSPS) is 20.4. The van der Waals surface area contributed by atoms with Gasteiger partial charge in [-0.15, -0.1) is 0 Å². The molecule has 1 saturated heterocycles. The van der Waals surface area contributed by atoms with E-state index in [1.807, 2.05) is 29.8 Å². The van der Waals surface area contributed by atoms with Gasteiger partial charge in [0.05, 0.1) is 46.0 Å².